The third-order valence-electron chi connectivity index (χ3n) is 6.75. The van der Waals surface area contributed by atoms with E-state index in [4.69, 9.17) is 9.47 Å². The summed E-state index contributed by atoms with van der Waals surface area (Å²) in [5, 5.41) is 19.1. The minimum Gasteiger partial charge on any atom is -0.508 e. The van der Waals surface area contributed by atoms with E-state index in [0.717, 1.165) is 19.3 Å². The van der Waals surface area contributed by atoms with E-state index in [1.807, 2.05) is 0 Å². The van der Waals surface area contributed by atoms with E-state index in [1.54, 1.807) is 72.8 Å². The number of amides is 1. The van der Waals surface area contributed by atoms with Crippen LogP contribution in [0.3, 0.4) is 0 Å². The molecule has 0 unspecified atom stereocenters. The average molecular weight is 534 g/mol. The quantitative estimate of drug-likeness (QED) is 0.159. The second-order valence-corrected chi connectivity index (χ2v) is 9.99. The zero-order chi connectivity index (χ0) is 27.7. The van der Waals surface area contributed by atoms with Gasteiger partial charge >= 0.3 is 6.09 Å². The fourth-order valence-corrected chi connectivity index (χ4v) is 4.50. The number of carboxylic acid groups (broad SMARTS) is 1. The third kappa shape index (κ3) is 11.3. The monoisotopic (exact) mass is 533 g/mol. The Bertz CT molecular complexity index is 1080. The molecule has 0 spiro atoms. The van der Waals surface area contributed by atoms with Gasteiger partial charge in [-0.1, -0.05) is 77.6 Å². The van der Waals surface area contributed by atoms with Crippen molar-refractivity contribution in [2.45, 2.75) is 84.0 Å². The lowest BCUT2D eigenvalue weighted by atomic mass is 10.1. The van der Waals surface area contributed by atoms with E-state index in [9.17, 15) is 15.0 Å². The Morgan fingerprint density at radius 1 is 0.590 bits per heavy atom. The van der Waals surface area contributed by atoms with E-state index in [2.05, 4.69) is 6.92 Å². The van der Waals surface area contributed by atoms with Gasteiger partial charge < -0.3 is 19.7 Å². The molecule has 6 nitrogen and oxygen atoms in total. The lowest BCUT2D eigenvalue weighted by Gasteiger charge is -2.19. The predicted molar refractivity (Wildman–Crippen MR) is 158 cm³/mol. The van der Waals surface area contributed by atoms with Gasteiger partial charge in [-0.15, -0.1) is 0 Å². The second kappa shape index (κ2) is 17.0. The molecule has 0 aliphatic heterocycles. The first kappa shape index (κ1) is 29.9. The summed E-state index contributed by atoms with van der Waals surface area (Å²) in [6.07, 6.45) is 14.1. The van der Waals surface area contributed by atoms with Crippen LogP contribution in [0.1, 0.15) is 84.0 Å². The van der Waals surface area contributed by atoms with Crippen LogP contribution in [-0.2, 0) is 0 Å². The molecule has 0 aliphatic carbocycles. The van der Waals surface area contributed by atoms with Crippen molar-refractivity contribution in [2.24, 2.45) is 0 Å². The Labute approximate surface area is 233 Å². The van der Waals surface area contributed by atoms with E-state index in [0.29, 0.717) is 35.2 Å². The lowest BCUT2D eigenvalue weighted by Crippen LogP contribution is -2.30. The highest BCUT2D eigenvalue weighted by Crippen LogP contribution is 2.29. The number of nitrogens with zero attached hydrogens (tertiary/aromatic N) is 1. The van der Waals surface area contributed by atoms with Crippen LogP contribution in [0.25, 0.3) is 0 Å². The topological polar surface area (TPSA) is 79.2 Å². The second-order valence-electron chi connectivity index (χ2n) is 9.99. The molecule has 210 valence electrons. The third-order valence-corrected chi connectivity index (χ3v) is 6.75. The molecule has 3 aromatic carbocycles. The number of phenolic OH excluding ortho intramolecular Hbond substituents is 1. The fourth-order valence-electron chi connectivity index (χ4n) is 4.50. The Morgan fingerprint density at radius 2 is 0.949 bits per heavy atom. The summed E-state index contributed by atoms with van der Waals surface area (Å²) in [7, 11) is 0. The highest BCUT2D eigenvalue weighted by molar-refractivity contribution is 5.86. The Morgan fingerprint density at radius 3 is 1.36 bits per heavy atom. The number of benzene rings is 3. The molecule has 3 rings (SSSR count). The molecule has 0 aliphatic rings. The van der Waals surface area contributed by atoms with Crippen LogP contribution in [0.5, 0.6) is 28.7 Å². The summed E-state index contributed by atoms with van der Waals surface area (Å²) >= 11 is 0. The summed E-state index contributed by atoms with van der Waals surface area (Å²) in [6, 6.07) is 20.9. The average Bonchev–Trinajstić information content (AvgIpc) is 2.94. The van der Waals surface area contributed by atoms with Crippen LogP contribution in [-0.4, -0.2) is 22.9 Å². The van der Waals surface area contributed by atoms with Crippen LogP contribution >= 0.6 is 0 Å². The zero-order valence-electron chi connectivity index (χ0n) is 23.2. The van der Waals surface area contributed by atoms with Crippen molar-refractivity contribution in [1.29, 1.82) is 0 Å². The van der Waals surface area contributed by atoms with E-state index in [-0.39, 0.29) is 5.75 Å². The molecular weight excluding hydrogens is 490 g/mol. The molecule has 1 amide bonds. The molecule has 3 aromatic rings. The Kier molecular flexibility index (Phi) is 13.0. The molecule has 0 heterocycles. The number of unbranched alkanes of at least 4 members (excludes halogenated alkanes) is 11. The number of hydrogen-bond acceptors (Lipinski definition) is 4. The molecule has 6 heteroatoms. The normalized spacial score (nSPS) is 10.8. The van der Waals surface area contributed by atoms with Crippen molar-refractivity contribution >= 4 is 11.8 Å². The van der Waals surface area contributed by atoms with Crippen molar-refractivity contribution in [3.8, 4) is 28.7 Å². The van der Waals surface area contributed by atoms with Crippen molar-refractivity contribution < 1.29 is 24.5 Å². The standard InChI is InChI=1S/C33H43NO5/c1-2-3-4-5-6-7-8-9-10-11-12-13-26-34(33(36)37)27-14-18-29(19-15-27)38-31-22-24-32(25-23-31)39-30-20-16-28(35)17-21-30/h14-25,35H,2-13,26H2,1H3,(H,36,37). The molecule has 0 aromatic heterocycles. The molecule has 0 atom stereocenters. The van der Waals surface area contributed by atoms with Crippen LogP contribution in [0.4, 0.5) is 10.5 Å². The molecule has 0 radical (unpaired) electrons. The Hall–Kier alpha value is -3.67. The smallest absolute Gasteiger partial charge is 0.411 e. The van der Waals surface area contributed by atoms with E-state index < -0.39 is 6.09 Å². The van der Waals surface area contributed by atoms with Gasteiger partial charge in [0.1, 0.15) is 28.7 Å². The van der Waals surface area contributed by atoms with Gasteiger partial charge in [-0.2, -0.15) is 0 Å². The molecule has 0 bridgehead atoms. The van der Waals surface area contributed by atoms with E-state index >= 15 is 0 Å². The Balaban J connectivity index is 1.37. The molecule has 0 saturated heterocycles. The number of ether oxygens (including phenoxy) is 2. The molecule has 0 fully saturated rings. The van der Waals surface area contributed by atoms with Crippen molar-refractivity contribution in [3.63, 3.8) is 0 Å². The minimum absolute atomic E-state index is 0.188. The molecule has 39 heavy (non-hydrogen) atoms. The summed E-state index contributed by atoms with van der Waals surface area (Å²) in [6.45, 7) is 2.75. The maximum atomic E-state index is 11.9. The van der Waals surface area contributed by atoms with Gasteiger partial charge in [0.25, 0.3) is 0 Å². The van der Waals surface area contributed by atoms with Crippen LogP contribution in [0, 0.1) is 0 Å². The van der Waals surface area contributed by atoms with Gasteiger partial charge in [-0.3, -0.25) is 4.90 Å². The van der Waals surface area contributed by atoms with Gasteiger partial charge in [0.05, 0.1) is 0 Å². The predicted octanol–water partition coefficient (Wildman–Crippen LogP) is 10.2. The zero-order valence-corrected chi connectivity index (χ0v) is 23.2. The minimum atomic E-state index is -0.934. The molecule has 2 N–H and O–H groups in total. The highest BCUT2D eigenvalue weighted by atomic mass is 16.5. The number of rotatable bonds is 18. The van der Waals surface area contributed by atoms with Gasteiger partial charge in [0.15, 0.2) is 0 Å². The van der Waals surface area contributed by atoms with Gasteiger partial charge in [0.2, 0.25) is 0 Å². The van der Waals surface area contributed by atoms with Crippen LogP contribution in [0.2, 0.25) is 0 Å². The summed E-state index contributed by atoms with van der Waals surface area (Å²) in [5.41, 5.74) is 0.649. The number of aromatic hydroxyl groups is 1. The van der Waals surface area contributed by atoms with Crippen molar-refractivity contribution in [3.05, 3.63) is 72.8 Å². The van der Waals surface area contributed by atoms with Crippen molar-refractivity contribution in [1.82, 2.24) is 0 Å². The first-order valence-electron chi connectivity index (χ1n) is 14.4. The number of phenols is 1. The largest absolute Gasteiger partial charge is 0.508 e. The first-order valence-corrected chi connectivity index (χ1v) is 14.4. The van der Waals surface area contributed by atoms with Gasteiger partial charge in [-0.05, 0) is 79.2 Å². The highest BCUT2D eigenvalue weighted by Gasteiger charge is 2.14. The maximum Gasteiger partial charge on any atom is 0.411 e. The fraction of sp³-hybridized carbons (Fsp3) is 0.424. The molecule has 0 saturated carbocycles. The molecular formula is C33H43NO5. The summed E-state index contributed by atoms with van der Waals surface area (Å²) in [5.74, 6) is 2.74. The lowest BCUT2D eigenvalue weighted by molar-refractivity contribution is 0.201. The SMILES string of the molecule is CCCCCCCCCCCCCCN(C(=O)O)c1ccc(Oc2ccc(Oc3ccc(O)cc3)cc2)cc1. The van der Waals surface area contributed by atoms with Gasteiger partial charge in [0, 0.05) is 12.2 Å². The van der Waals surface area contributed by atoms with Crippen LogP contribution in [0.15, 0.2) is 72.8 Å². The maximum absolute atomic E-state index is 11.9. The number of anilines is 1. The first-order chi connectivity index (χ1) is 19.0. The van der Waals surface area contributed by atoms with Crippen molar-refractivity contribution in [2.75, 3.05) is 11.4 Å². The van der Waals surface area contributed by atoms with E-state index in [1.165, 1.54) is 62.7 Å². The summed E-state index contributed by atoms with van der Waals surface area (Å²) < 4.78 is 11.7. The van der Waals surface area contributed by atoms with Gasteiger partial charge in [-0.25, -0.2) is 4.79 Å². The van der Waals surface area contributed by atoms with Crippen LogP contribution < -0.4 is 14.4 Å². The summed E-state index contributed by atoms with van der Waals surface area (Å²) in [4.78, 5) is 13.3. The number of carbonyl (C=O) groups is 1. The number of hydrogen-bond donors (Lipinski definition) is 2.